The molecular weight excluding hydrogens is 164 g/mol. The van der Waals surface area contributed by atoms with E-state index in [4.69, 9.17) is 0 Å². The molecule has 0 radical (unpaired) electrons. The van der Waals surface area contributed by atoms with Crippen LogP contribution >= 0.6 is 0 Å². The number of hydrogen-bond donors (Lipinski definition) is 0. The summed E-state index contributed by atoms with van der Waals surface area (Å²) in [5, 5.41) is 0. The summed E-state index contributed by atoms with van der Waals surface area (Å²) >= 11 is 0. The molecule has 0 unspecified atom stereocenters. The Balaban J connectivity index is 3.48. The van der Waals surface area contributed by atoms with Crippen molar-refractivity contribution in [1.29, 1.82) is 0 Å². The molecule has 0 spiro atoms. The van der Waals surface area contributed by atoms with Crippen LogP contribution in [-0.2, 0) is 19.0 Å². The summed E-state index contributed by atoms with van der Waals surface area (Å²) in [6.45, 7) is -0.0121. The maximum Gasteiger partial charge on any atom is 0.508 e. The van der Waals surface area contributed by atoms with E-state index in [1.54, 1.807) is 0 Å². The van der Waals surface area contributed by atoms with Crippen LogP contribution in [0.15, 0.2) is 12.2 Å². The summed E-state index contributed by atoms with van der Waals surface area (Å²) in [6, 6.07) is 0. The van der Waals surface area contributed by atoms with E-state index in [0.717, 1.165) is 6.08 Å². The van der Waals surface area contributed by atoms with Crippen molar-refractivity contribution in [3.8, 4) is 0 Å². The fourth-order valence-corrected chi connectivity index (χ4v) is 0.387. The Labute approximate surface area is 69.9 Å². The van der Waals surface area contributed by atoms with Crippen LogP contribution in [0.4, 0.5) is 4.79 Å². The van der Waals surface area contributed by atoms with Crippen LogP contribution in [0.3, 0.4) is 0 Å². The zero-order chi connectivity index (χ0) is 9.40. The highest BCUT2D eigenvalue weighted by atomic mass is 16.7. The van der Waals surface area contributed by atoms with Crippen molar-refractivity contribution in [3.63, 3.8) is 0 Å². The Morgan fingerprint density at radius 2 is 1.92 bits per heavy atom. The number of ether oxygens (including phenoxy) is 3. The topological polar surface area (TPSA) is 61.8 Å². The zero-order valence-electron chi connectivity index (χ0n) is 6.90. The lowest BCUT2D eigenvalue weighted by atomic mass is 10.5. The molecule has 0 saturated carbocycles. The normalized spacial score (nSPS) is 9.50. The highest BCUT2D eigenvalue weighted by Gasteiger charge is 1.96. The van der Waals surface area contributed by atoms with Crippen LogP contribution in [0.5, 0.6) is 0 Å². The molecule has 0 aromatic carbocycles. The van der Waals surface area contributed by atoms with Gasteiger partial charge in [0.05, 0.1) is 14.2 Å². The SMILES string of the molecule is COC(=O)/C=C/COC(=O)OC. The molecule has 0 saturated heterocycles. The third kappa shape index (κ3) is 5.28. The summed E-state index contributed by atoms with van der Waals surface area (Å²) in [6.07, 6.45) is 1.72. The molecule has 68 valence electrons. The number of carbonyl (C=O) groups excluding carboxylic acids is 2. The maximum atomic E-state index is 10.4. The molecule has 0 rings (SSSR count). The lowest BCUT2D eigenvalue weighted by Crippen LogP contribution is -2.04. The van der Waals surface area contributed by atoms with E-state index in [2.05, 4.69) is 14.2 Å². The van der Waals surface area contributed by atoms with Gasteiger partial charge in [-0.05, 0) is 6.08 Å². The van der Waals surface area contributed by atoms with E-state index in [9.17, 15) is 9.59 Å². The molecule has 0 aliphatic heterocycles. The Morgan fingerprint density at radius 1 is 1.25 bits per heavy atom. The standard InChI is InChI=1S/C7H10O5/c1-10-6(8)4-3-5-12-7(9)11-2/h3-4H,5H2,1-2H3/b4-3+. The molecule has 5 heteroatoms. The van der Waals surface area contributed by atoms with Crippen molar-refractivity contribution >= 4 is 12.1 Å². The number of rotatable bonds is 3. The molecule has 0 aromatic heterocycles. The van der Waals surface area contributed by atoms with Crippen molar-refractivity contribution < 1.29 is 23.8 Å². The van der Waals surface area contributed by atoms with Gasteiger partial charge in [-0.3, -0.25) is 0 Å². The van der Waals surface area contributed by atoms with Gasteiger partial charge >= 0.3 is 12.1 Å². The quantitative estimate of drug-likeness (QED) is 0.460. The second kappa shape index (κ2) is 6.21. The Morgan fingerprint density at radius 3 is 2.42 bits per heavy atom. The van der Waals surface area contributed by atoms with Crippen molar-refractivity contribution in [2.45, 2.75) is 0 Å². The van der Waals surface area contributed by atoms with Crippen LogP contribution in [-0.4, -0.2) is 33.0 Å². The van der Waals surface area contributed by atoms with Gasteiger partial charge in [0, 0.05) is 6.08 Å². The Bertz CT molecular complexity index is 184. The number of hydrogen-bond acceptors (Lipinski definition) is 5. The second-order valence-electron chi connectivity index (χ2n) is 1.69. The first-order chi connectivity index (χ1) is 5.70. The second-order valence-corrected chi connectivity index (χ2v) is 1.69. The van der Waals surface area contributed by atoms with Gasteiger partial charge in [-0.15, -0.1) is 0 Å². The van der Waals surface area contributed by atoms with Gasteiger partial charge in [-0.25, -0.2) is 9.59 Å². The molecule has 0 amide bonds. The average Bonchev–Trinajstić information content (AvgIpc) is 2.11. The zero-order valence-corrected chi connectivity index (χ0v) is 6.90. The third-order valence-corrected chi connectivity index (χ3v) is 0.919. The van der Waals surface area contributed by atoms with Gasteiger partial charge in [0.15, 0.2) is 0 Å². The molecule has 0 N–H and O–H groups in total. The van der Waals surface area contributed by atoms with Gasteiger partial charge in [0.2, 0.25) is 0 Å². The van der Waals surface area contributed by atoms with E-state index in [0.29, 0.717) is 0 Å². The largest absolute Gasteiger partial charge is 0.508 e. The minimum Gasteiger partial charge on any atom is -0.466 e. The molecule has 12 heavy (non-hydrogen) atoms. The molecule has 0 atom stereocenters. The Kier molecular flexibility index (Phi) is 5.42. The third-order valence-electron chi connectivity index (χ3n) is 0.919. The summed E-state index contributed by atoms with van der Waals surface area (Å²) in [4.78, 5) is 20.8. The summed E-state index contributed by atoms with van der Waals surface area (Å²) in [5.74, 6) is -0.497. The fourth-order valence-electron chi connectivity index (χ4n) is 0.387. The highest BCUT2D eigenvalue weighted by Crippen LogP contribution is 1.84. The molecule has 5 nitrogen and oxygen atoms in total. The summed E-state index contributed by atoms with van der Waals surface area (Å²) < 4.78 is 12.9. The molecule has 0 aliphatic carbocycles. The molecule has 0 heterocycles. The first-order valence-electron chi connectivity index (χ1n) is 3.16. The van der Waals surface area contributed by atoms with Gasteiger partial charge in [-0.1, -0.05) is 0 Å². The summed E-state index contributed by atoms with van der Waals surface area (Å²) in [5.41, 5.74) is 0. The van der Waals surface area contributed by atoms with Gasteiger partial charge in [0.25, 0.3) is 0 Å². The van der Waals surface area contributed by atoms with Crippen molar-refractivity contribution in [2.75, 3.05) is 20.8 Å². The van der Waals surface area contributed by atoms with Crippen molar-refractivity contribution in [1.82, 2.24) is 0 Å². The first-order valence-corrected chi connectivity index (χ1v) is 3.16. The van der Waals surface area contributed by atoms with Gasteiger partial charge in [-0.2, -0.15) is 0 Å². The summed E-state index contributed by atoms with van der Waals surface area (Å²) in [7, 11) is 2.46. The first kappa shape index (κ1) is 10.5. The molecule has 0 aromatic rings. The molecular formula is C7H10O5. The maximum absolute atomic E-state index is 10.4. The smallest absolute Gasteiger partial charge is 0.466 e. The van der Waals surface area contributed by atoms with Gasteiger partial charge in [0.1, 0.15) is 6.61 Å². The number of carbonyl (C=O) groups is 2. The van der Waals surface area contributed by atoms with E-state index < -0.39 is 12.1 Å². The van der Waals surface area contributed by atoms with Crippen LogP contribution in [0.1, 0.15) is 0 Å². The van der Waals surface area contributed by atoms with Crippen LogP contribution in [0.25, 0.3) is 0 Å². The van der Waals surface area contributed by atoms with E-state index in [-0.39, 0.29) is 6.61 Å². The monoisotopic (exact) mass is 174 g/mol. The van der Waals surface area contributed by atoms with Gasteiger partial charge < -0.3 is 14.2 Å². The van der Waals surface area contributed by atoms with Crippen LogP contribution in [0.2, 0.25) is 0 Å². The van der Waals surface area contributed by atoms with Crippen LogP contribution < -0.4 is 0 Å². The van der Waals surface area contributed by atoms with E-state index in [1.165, 1.54) is 20.3 Å². The number of esters is 1. The predicted molar refractivity (Wildman–Crippen MR) is 39.5 cm³/mol. The average molecular weight is 174 g/mol. The van der Waals surface area contributed by atoms with E-state index >= 15 is 0 Å². The predicted octanol–water partition coefficient (Wildman–Crippen LogP) is 0.499. The lowest BCUT2D eigenvalue weighted by molar-refractivity contribution is -0.134. The van der Waals surface area contributed by atoms with Crippen molar-refractivity contribution in [2.24, 2.45) is 0 Å². The van der Waals surface area contributed by atoms with E-state index in [1.807, 2.05) is 0 Å². The molecule has 0 aliphatic rings. The van der Waals surface area contributed by atoms with Crippen molar-refractivity contribution in [3.05, 3.63) is 12.2 Å². The number of methoxy groups -OCH3 is 2. The van der Waals surface area contributed by atoms with Crippen LogP contribution in [0, 0.1) is 0 Å². The lowest BCUT2D eigenvalue weighted by Gasteiger charge is -1.97. The minimum atomic E-state index is -0.787. The minimum absolute atomic E-state index is 0.0121. The fraction of sp³-hybridized carbons (Fsp3) is 0.429. The highest BCUT2D eigenvalue weighted by molar-refractivity contribution is 5.81. The molecule has 0 fully saturated rings. The Hall–Kier alpha value is -1.52. The molecule has 0 bridgehead atoms.